The van der Waals surface area contributed by atoms with Crippen LogP contribution in [0.4, 0.5) is 0 Å². The molecule has 3 nitrogen and oxygen atoms in total. The molecular weight excluding hydrogens is 164 g/mol. The zero-order valence-corrected chi connectivity index (χ0v) is 8.37. The van der Waals surface area contributed by atoms with E-state index in [2.05, 4.69) is 4.90 Å². The number of β-amino-alcohol motifs (C(OH)–C–C–N with tert-alkyl or cyclic N) is 1. The van der Waals surface area contributed by atoms with E-state index in [1.807, 2.05) is 6.92 Å². The molecule has 13 heavy (non-hydrogen) atoms. The molecule has 2 fully saturated rings. The number of hydrogen-bond donors (Lipinski definition) is 2. The van der Waals surface area contributed by atoms with E-state index in [1.165, 1.54) is 19.3 Å². The van der Waals surface area contributed by atoms with E-state index < -0.39 is 5.60 Å². The molecular formula is C10H20N2O. The van der Waals surface area contributed by atoms with Crippen molar-refractivity contribution in [2.75, 3.05) is 13.1 Å². The van der Waals surface area contributed by atoms with E-state index in [4.69, 9.17) is 5.73 Å². The maximum atomic E-state index is 9.62. The van der Waals surface area contributed by atoms with Crippen LogP contribution in [0.1, 0.15) is 32.6 Å². The topological polar surface area (TPSA) is 49.5 Å². The minimum absolute atomic E-state index is 0.338. The third-order valence-corrected chi connectivity index (χ3v) is 3.34. The molecule has 76 valence electrons. The Morgan fingerprint density at radius 2 is 1.92 bits per heavy atom. The van der Waals surface area contributed by atoms with Crippen molar-refractivity contribution in [3.63, 3.8) is 0 Å². The van der Waals surface area contributed by atoms with Crippen molar-refractivity contribution in [1.82, 2.24) is 4.90 Å². The van der Waals surface area contributed by atoms with E-state index >= 15 is 0 Å². The van der Waals surface area contributed by atoms with E-state index in [0.717, 1.165) is 19.5 Å². The molecule has 0 amide bonds. The molecule has 0 radical (unpaired) electrons. The van der Waals surface area contributed by atoms with E-state index in [0.29, 0.717) is 12.1 Å². The zero-order chi connectivity index (χ0) is 9.47. The largest absolute Gasteiger partial charge is 0.388 e. The summed E-state index contributed by atoms with van der Waals surface area (Å²) >= 11 is 0. The Balaban J connectivity index is 1.87. The van der Waals surface area contributed by atoms with Gasteiger partial charge in [0.2, 0.25) is 0 Å². The van der Waals surface area contributed by atoms with Gasteiger partial charge in [-0.25, -0.2) is 0 Å². The number of likely N-dealkylation sites (tertiary alicyclic amines) is 1. The second kappa shape index (κ2) is 3.23. The van der Waals surface area contributed by atoms with Crippen molar-refractivity contribution >= 4 is 0 Å². The van der Waals surface area contributed by atoms with Gasteiger partial charge in [0.15, 0.2) is 0 Å². The highest BCUT2D eigenvalue weighted by Crippen LogP contribution is 2.29. The molecule has 1 aliphatic heterocycles. The standard InChI is InChI=1S/C10H20N2O/c1-10(13)6-12(7-10)9-5-3-2-4-8(9)11/h8-9,13H,2-7,11H2,1H3. The summed E-state index contributed by atoms with van der Waals surface area (Å²) in [5, 5.41) is 9.62. The van der Waals surface area contributed by atoms with Crippen molar-refractivity contribution in [2.24, 2.45) is 5.73 Å². The molecule has 1 saturated carbocycles. The SMILES string of the molecule is CC1(O)CN(C2CCCCC2N)C1. The fourth-order valence-corrected chi connectivity index (χ4v) is 2.66. The van der Waals surface area contributed by atoms with Crippen LogP contribution in [0.3, 0.4) is 0 Å². The Bertz CT molecular complexity index is 185. The van der Waals surface area contributed by atoms with Crippen LogP contribution < -0.4 is 5.73 Å². The highest BCUT2D eigenvalue weighted by molar-refractivity contribution is 4.98. The average Bonchev–Trinajstić information content (AvgIpc) is 2.01. The smallest absolute Gasteiger partial charge is 0.0872 e. The number of rotatable bonds is 1. The number of hydrogen-bond acceptors (Lipinski definition) is 3. The van der Waals surface area contributed by atoms with E-state index in [9.17, 15) is 5.11 Å². The van der Waals surface area contributed by atoms with Crippen molar-refractivity contribution < 1.29 is 5.11 Å². The predicted molar refractivity (Wildman–Crippen MR) is 52.4 cm³/mol. The Hall–Kier alpha value is -0.120. The number of nitrogens with zero attached hydrogens (tertiary/aromatic N) is 1. The Kier molecular flexibility index (Phi) is 2.34. The van der Waals surface area contributed by atoms with Gasteiger partial charge < -0.3 is 10.8 Å². The van der Waals surface area contributed by atoms with Crippen LogP contribution in [0.15, 0.2) is 0 Å². The molecule has 0 bridgehead atoms. The summed E-state index contributed by atoms with van der Waals surface area (Å²) in [7, 11) is 0. The highest BCUT2D eigenvalue weighted by Gasteiger charge is 2.42. The van der Waals surface area contributed by atoms with Crippen LogP contribution in [-0.4, -0.2) is 40.8 Å². The van der Waals surface area contributed by atoms with Crippen LogP contribution in [0.5, 0.6) is 0 Å². The van der Waals surface area contributed by atoms with Crippen molar-refractivity contribution in [1.29, 1.82) is 0 Å². The first-order valence-corrected chi connectivity index (χ1v) is 5.30. The second-order valence-electron chi connectivity index (χ2n) is 4.92. The first-order chi connectivity index (χ1) is 6.08. The summed E-state index contributed by atoms with van der Waals surface area (Å²) in [5.74, 6) is 0. The van der Waals surface area contributed by atoms with Crippen LogP contribution in [0, 0.1) is 0 Å². The maximum absolute atomic E-state index is 9.62. The third-order valence-electron chi connectivity index (χ3n) is 3.34. The Morgan fingerprint density at radius 3 is 2.46 bits per heavy atom. The van der Waals surface area contributed by atoms with Crippen LogP contribution in [0.25, 0.3) is 0 Å². The van der Waals surface area contributed by atoms with Crippen LogP contribution >= 0.6 is 0 Å². The van der Waals surface area contributed by atoms with Gasteiger partial charge in [-0.15, -0.1) is 0 Å². The first-order valence-electron chi connectivity index (χ1n) is 5.30. The van der Waals surface area contributed by atoms with Gasteiger partial charge in [-0.1, -0.05) is 12.8 Å². The maximum Gasteiger partial charge on any atom is 0.0872 e. The molecule has 2 unspecified atom stereocenters. The molecule has 1 heterocycles. The fourth-order valence-electron chi connectivity index (χ4n) is 2.66. The van der Waals surface area contributed by atoms with Gasteiger partial charge in [-0.05, 0) is 19.8 Å². The predicted octanol–water partition coefficient (Wildman–Crippen LogP) is 0.323. The molecule has 2 rings (SSSR count). The molecule has 2 atom stereocenters. The second-order valence-corrected chi connectivity index (χ2v) is 4.92. The summed E-state index contributed by atoms with van der Waals surface area (Å²) in [6.45, 7) is 3.52. The summed E-state index contributed by atoms with van der Waals surface area (Å²) in [5.41, 5.74) is 5.61. The van der Waals surface area contributed by atoms with Crippen molar-refractivity contribution in [2.45, 2.75) is 50.3 Å². The lowest BCUT2D eigenvalue weighted by Gasteiger charge is -2.51. The minimum Gasteiger partial charge on any atom is -0.388 e. The third kappa shape index (κ3) is 1.87. The van der Waals surface area contributed by atoms with Crippen LogP contribution in [-0.2, 0) is 0 Å². The zero-order valence-electron chi connectivity index (χ0n) is 8.37. The summed E-state index contributed by atoms with van der Waals surface area (Å²) < 4.78 is 0. The quantitative estimate of drug-likeness (QED) is 0.617. The lowest BCUT2D eigenvalue weighted by Crippen LogP contribution is -2.66. The van der Waals surface area contributed by atoms with Crippen molar-refractivity contribution in [3.05, 3.63) is 0 Å². The van der Waals surface area contributed by atoms with E-state index in [-0.39, 0.29) is 0 Å². The number of nitrogens with two attached hydrogens (primary N) is 1. The fraction of sp³-hybridized carbons (Fsp3) is 1.00. The number of aliphatic hydroxyl groups is 1. The van der Waals surface area contributed by atoms with Gasteiger partial charge in [0.25, 0.3) is 0 Å². The average molecular weight is 184 g/mol. The molecule has 2 aliphatic rings. The summed E-state index contributed by atoms with van der Waals surface area (Å²) in [6.07, 6.45) is 4.96. The summed E-state index contributed by atoms with van der Waals surface area (Å²) in [6, 6.07) is 0.874. The van der Waals surface area contributed by atoms with Gasteiger partial charge in [0, 0.05) is 25.2 Å². The van der Waals surface area contributed by atoms with Gasteiger partial charge in [0.05, 0.1) is 5.60 Å². The molecule has 3 heteroatoms. The monoisotopic (exact) mass is 184 g/mol. The molecule has 3 N–H and O–H groups in total. The Labute approximate surface area is 79.9 Å². The summed E-state index contributed by atoms with van der Waals surface area (Å²) in [4.78, 5) is 2.34. The van der Waals surface area contributed by atoms with Gasteiger partial charge in [-0.2, -0.15) is 0 Å². The van der Waals surface area contributed by atoms with Gasteiger partial charge in [0.1, 0.15) is 0 Å². The highest BCUT2D eigenvalue weighted by atomic mass is 16.3. The van der Waals surface area contributed by atoms with Gasteiger partial charge >= 0.3 is 0 Å². The molecule has 1 saturated heterocycles. The Morgan fingerprint density at radius 1 is 1.31 bits per heavy atom. The molecule has 0 aromatic heterocycles. The molecule has 0 spiro atoms. The minimum atomic E-state index is -0.447. The lowest BCUT2D eigenvalue weighted by molar-refractivity contribution is -0.110. The van der Waals surface area contributed by atoms with Crippen molar-refractivity contribution in [3.8, 4) is 0 Å². The normalized spacial score (nSPS) is 39.9. The molecule has 0 aromatic rings. The van der Waals surface area contributed by atoms with Crippen LogP contribution in [0.2, 0.25) is 0 Å². The van der Waals surface area contributed by atoms with E-state index in [1.54, 1.807) is 0 Å². The lowest BCUT2D eigenvalue weighted by atomic mass is 9.85. The van der Waals surface area contributed by atoms with Gasteiger partial charge in [-0.3, -0.25) is 4.90 Å². The first kappa shape index (κ1) is 9.44. The molecule has 0 aromatic carbocycles. The molecule has 1 aliphatic carbocycles.